The topological polar surface area (TPSA) is 55.3 Å². The van der Waals surface area contributed by atoms with Gasteiger partial charge in [-0.3, -0.25) is 4.79 Å². The van der Waals surface area contributed by atoms with Crippen molar-refractivity contribution in [2.24, 2.45) is 0 Å². The maximum Gasteiger partial charge on any atom is 0.246 e. The molecule has 0 radical (unpaired) electrons. The summed E-state index contributed by atoms with van der Waals surface area (Å²) < 4.78 is 32.2. The Bertz CT molecular complexity index is 995. The second-order valence-corrected chi connectivity index (χ2v) is 9.28. The van der Waals surface area contributed by atoms with Crippen molar-refractivity contribution >= 4 is 23.7 Å². The first-order valence-electron chi connectivity index (χ1n) is 11.0. The summed E-state index contributed by atoms with van der Waals surface area (Å²) in [6.07, 6.45) is 9.13. The molecule has 2 fully saturated rings. The molecule has 0 saturated carbocycles. The van der Waals surface area contributed by atoms with Crippen LogP contribution in [-0.2, 0) is 9.53 Å². The molecule has 2 unspecified atom stereocenters. The monoisotopic (exact) mass is 459 g/mol. The lowest BCUT2D eigenvalue weighted by molar-refractivity contribution is -0.127. The number of benzene rings is 1. The van der Waals surface area contributed by atoms with Crippen molar-refractivity contribution in [3.05, 3.63) is 58.9 Å². The normalized spacial score (nSPS) is 21.4. The lowest BCUT2D eigenvalue weighted by Crippen LogP contribution is -2.38. The van der Waals surface area contributed by atoms with Gasteiger partial charge in [-0.25, -0.2) is 18.7 Å². The number of amides is 1. The second kappa shape index (κ2) is 10.5. The van der Waals surface area contributed by atoms with Gasteiger partial charge in [0.25, 0.3) is 0 Å². The molecule has 2 saturated heterocycles. The number of thioether (sulfide) groups is 1. The number of rotatable bonds is 6. The fourth-order valence-electron chi connectivity index (χ4n) is 4.15. The highest BCUT2D eigenvalue weighted by atomic mass is 32.2. The van der Waals surface area contributed by atoms with Gasteiger partial charge < -0.3 is 9.64 Å². The molecular weight excluding hydrogens is 432 g/mol. The van der Waals surface area contributed by atoms with Crippen LogP contribution in [0.2, 0.25) is 0 Å². The van der Waals surface area contributed by atoms with Gasteiger partial charge in [-0.2, -0.15) is 0 Å². The Kier molecular flexibility index (Phi) is 7.52. The Hall–Kier alpha value is -2.32. The van der Waals surface area contributed by atoms with Crippen LogP contribution in [0.25, 0.3) is 6.08 Å². The minimum absolute atomic E-state index is 0.140. The fourth-order valence-corrected chi connectivity index (χ4v) is 5.04. The Labute approximate surface area is 191 Å². The standard InChI is InChI=1S/C24H27F2N3O2S/c1-16-13-27-24(32-15-19-5-3-11-31-19)28-23(16)18-4-2-10-29(14-18)22(30)9-7-17-6-8-20(25)21(26)12-17/h6-9,12-13,18-19H,2-5,10-11,14-15H2,1H3/b9-7+. The van der Waals surface area contributed by atoms with E-state index in [4.69, 9.17) is 9.72 Å². The molecule has 8 heteroatoms. The van der Waals surface area contributed by atoms with Gasteiger partial charge in [0, 0.05) is 43.6 Å². The Morgan fingerprint density at radius 3 is 2.94 bits per heavy atom. The van der Waals surface area contributed by atoms with Crippen LogP contribution in [-0.4, -0.2) is 52.3 Å². The summed E-state index contributed by atoms with van der Waals surface area (Å²) in [5.41, 5.74) is 2.48. The van der Waals surface area contributed by atoms with Crippen LogP contribution in [0.3, 0.4) is 0 Å². The largest absolute Gasteiger partial charge is 0.377 e. The first-order valence-corrected chi connectivity index (χ1v) is 12.0. The molecule has 4 rings (SSSR count). The molecule has 32 heavy (non-hydrogen) atoms. The van der Waals surface area contributed by atoms with Crippen molar-refractivity contribution in [2.75, 3.05) is 25.4 Å². The van der Waals surface area contributed by atoms with E-state index < -0.39 is 11.6 Å². The van der Waals surface area contributed by atoms with Gasteiger partial charge in [-0.15, -0.1) is 0 Å². The smallest absolute Gasteiger partial charge is 0.246 e. The molecule has 3 heterocycles. The summed E-state index contributed by atoms with van der Waals surface area (Å²) in [5, 5.41) is 0.753. The quantitative estimate of drug-likeness (QED) is 0.354. The molecule has 0 bridgehead atoms. The molecule has 1 amide bonds. The Balaban J connectivity index is 1.40. The molecule has 0 aliphatic carbocycles. The number of halogens is 2. The van der Waals surface area contributed by atoms with E-state index in [9.17, 15) is 13.6 Å². The summed E-state index contributed by atoms with van der Waals surface area (Å²) in [6.45, 7) is 4.09. The van der Waals surface area contributed by atoms with Gasteiger partial charge >= 0.3 is 0 Å². The number of aromatic nitrogens is 2. The Morgan fingerprint density at radius 1 is 1.28 bits per heavy atom. The van der Waals surface area contributed by atoms with Crippen LogP contribution in [0.4, 0.5) is 8.78 Å². The van der Waals surface area contributed by atoms with E-state index in [0.29, 0.717) is 18.7 Å². The molecule has 2 atom stereocenters. The number of carbonyl (C=O) groups is 1. The third kappa shape index (κ3) is 5.72. The van der Waals surface area contributed by atoms with Crippen LogP contribution in [0.5, 0.6) is 0 Å². The molecule has 5 nitrogen and oxygen atoms in total. The summed E-state index contributed by atoms with van der Waals surface area (Å²) in [5.74, 6) is -0.966. The van der Waals surface area contributed by atoms with Crippen molar-refractivity contribution < 1.29 is 18.3 Å². The van der Waals surface area contributed by atoms with Gasteiger partial charge in [0.2, 0.25) is 5.91 Å². The molecule has 2 aromatic rings. The minimum atomic E-state index is -0.926. The molecule has 2 aliphatic rings. The number of piperidine rings is 1. The van der Waals surface area contributed by atoms with Gasteiger partial charge in [0.05, 0.1) is 11.8 Å². The van der Waals surface area contributed by atoms with Crippen LogP contribution >= 0.6 is 11.8 Å². The third-order valence-corrected chi connectivity index (χ3v) is 6.89. The van der Waals surface area contributed by atoms with Crippen molar-refractivity contribution in [3.8, 4) is 0 Å². The highest BCUT2D eigenvalue weighted by molar-refractivity contribution is 7.99. The van der Waals surface area contributed by atoms with Gasteiger partial charge in [0.1, 0.15) is 0 Å². The van der Waals surface area contributed by atoms with Crippen LogP contribution in [0.15, 0.2) is 35.6 Å². The maximum absolute atomic E-state index is 13.4. The molecule has 1 aromatic heterocycles. The molecule has 0 spiro atoms. The molecule has 2 aliphatic heterocycles. The first kappa shape index (κ1) is 22.9. The lowest BCUT2D eigenvalue weighted by Gasteiger charge is -2.32. The van der Waals surface area contributed by atoms with Crippen molar-refractivity contribution in [3.63, 3.8) is 0 Å². The summed E-state index contributed by atoms with van der Waals surface area (Å²) in [4.78, 5) is 23.8. The maximum atomic E-state index is 13.4. The predicted octanol–water partition coefficient (Wildman–Crippen LogP) is 4.75. The van der Waals surface area contributed by atoms with Crippen molar-refractivity contribution in [2.45, 2.75) is 49.8 Å². The fraction of sp³-hybridized carbons (Fsp3) is 0.458. The predicted molar refractivity (Wildman–Crippen MR) is 120 cm³/mol. The van der Waals surface area contributed by atoms with Crippen molar-refractivity contribution in [1.82, 2.24) is 14.9 Å². The van der Waals surface area contributed by atoms with E-state index in [1.54, 1.807) is 16.7 Å². The lowest BCUT2D eigenvalue weighted by atomic mass is 9.92. The second-order valence-electron chi connectivity index (χ2n) is 8.30. The van der Waals surface area contributed by atoms with E-state index >= 15 is 0 Å². The highest BCUT2D eigenvalue weighted by Gasteiger charge is 2.26. The zero-order chi connectivity index (χ0) is 22.5. The molecule has 0 N–H and O–H groups in total. The van der Waals surface area contributed by atoms with Gasteiger partial charge in [-0.1, -0.05) is 17.8 Å². The van der Waals surface area contributed by atoms with Crippen LogP contribution < -0.4 is 0 Å². The molecule has 170 valence electrons. The van der Waals surface area contributed by atoms with Gasteiger partial charge in [-0.05, 0) is 61.9 Å². The molecule has 1 aromatic carbocycles. The summed E-state index contributed by atoms with van der Waals surface area (Å²) in [6, 6.07) is 3.59. The van der Waals surface area contributed by atoms with Crippen LogP contribution in [0.1, 0.15) is 48.4 Å². The number of aryl methyl sites for hydroxylation is 1. The SMILES string of the molecule is Cc1cnc(SCC2CCCO2)nc1C1CCCN(C(=O)/C=C/c2ccc(F)c(F)c2)C1. The average Bonchev–Trinajstić information content (AvgIpc) is 3.33. The number of nitrogens with zero attached hydrogens (tertiary/aromatic N) is 3. The third-order valence-electron chi connectivity index (χ3n) is 5.89. The number of ether oxygens (including phenoxy) is 1. The average molecular weight is 460 g/mol. The first-order chi connectivity index (χ1) is 15.5. The van der Waals surface area contributed by atoms with E-state index in [1.165, 1.54) is 18.2 Å². The minimum Gasteiger partial charge on any atom is -0.377 e. The molecular formula is C24H27F2N3O2S. The number of hydrogen-bond acceptors (Lipinski definition) is 5. The van der Waals surface area contributed by atoms with E-state index in [-0.39, 0.29) is 17.9 Å². The summed E-state index contributed by atoms with van der Waals surface area (Å²) in [7, 11) is 0. The van der Waals surface area contributed by atoms with E-state index in [0.717, 1.165) is 66.6 Å². The van der Waals surface area contributed by atoms with Crippen molar-refractivity contribution in [1.29, 1.82) is 0 Å². The number of hydrogen-bond donors (Lipinski definition) is 0. The van der Waals surface area contributed by atoms with Crippen LogP contribution in [0, 0.1) is 18.6 Å². The van der Waals surface area contributed by atoms with Gasteiger partial charge in [0.15, 0.2) is 16.8 Å². The van der Waals surface area contributed by atoms with E-state index in [2.05, 4.69) is 4.98 Å². The zero-order valence-corrected chi connectivity index (χ0v) is 18.9. The highest BCUT2D eigenvalue weighted by Crippen LogP contribution is 2.30. The Morgan fingerprint density at radius 2 is 2.16 bits per heavy atom. The number of carbonyl (C=O) groups excluding carboxylic acids is 1. The zero-order valence-electron chi connectivity index (χ0n) is 18.1. The number of likely N-dealkylation sites (tertiary alicyclic amines) is 1. The van der Waals surface area contributed by atoms with E-state index in [1.807, 2.05) is 13.1 Å². The summed E-state index contributed by atoms with van der Waals surface area (Å²) >= 11 is 1.62.